The van der Waals surface area contributed by atoms with Gasteiger partial charge in [0.15, 0.2) is 0 Å². The van der Waals surface area contributed by atoms with Crippen LogP contribution in [0.1, 0.15) is 26.5 Å². The topological polar surface area (TPSA) is 127 Å². The average Bonchev–Trinajstić information content (AvgIpc) is 2.43. The highest BCUT2D eigenvalue weighted by Gasteiger charge is 2.29. The molecule has 8 nitrogen and oxygen atoms in total. The number of nitrogens with two attached hydrogens (primary N) is 1. The minimum Gasteiger partial charge on any atom is -0.337 e. The van der Waals surface area contributed by atoms with E-state index in [0.717, 1.165) is 16.4 Å². The summed E-state index contributed by atoms with van der Waals surface area (Å²) in [6.45, 7) is 6.85. The van der Waals surface area contributed by atoms with Gasteiger partial charge in [0.2, 0.25) is 11.1 Å². The molecule has 0 radical (unpaired) electrons. The Morgan fingerprint density at radius 2 is 2.19 bits per heavy atom. The third kappa shape index (κ3) is 3.95. The molecule has 0 fully saturated rings. The molecule has 21 heavy (non-hydrogen) atoms. The summed E-state index contributed by atoms with van der Waals surface area (Å²) in [5.74, 6) is 5.17. The zero-order valence-corrected chi connectivity index (χ0v) is 13.2. The van der Waals surface area contributed by atoms with Crippen molar-refractivity contribution in [2.45, 2.75) is 38.4 Å². The zero-order chi connectivity index (χ0) is 16.2. The Balaban J connectivity index is 2.73. The molecule has 1 aromatic heterocycles. The lowest BCUT2D eigenvalue weighted by Crippen LogP contribution is -2.49. The highest BCUT2D eigenvalue weighted by atomic mass is 32.2. The molecule has 0 aliphatic heterocycles. The number of hydrogen-bond acceptors (Lipinski definition) is 7. The lowest BCUT2D eigenvalue weighted by molar-refractivity contribution is -0.120. The van der Waals surface area contributed by atoms with E-state index in [1.165, 1.54) is 6.92 Å². The van der Waals surface area contributed by atoms with Gasteiger partial charge < -0.3 is 11.2 Å². The molecule has 0 aliphatic carbocycles. The van der Waals surface area contributed by atoms with E-state index >= 15 is 0 Å². The first-order valence-corrected chi connectivity index (χ1v) is 7.26. The van der Waals surface area contributed by atoms with Crippen molar-refractivity contribution in [3.8, 4) is 6.07 Å². The molecule has 0 saturated carbocycles. The Kier molecular flexibility index (Phi) is 5.32. The number of nitrogens with one attached hydrogen (secondary N) is 1. The maximum atomic E-state index is 11.9. The standard InChI is InChI=1S/C12H18N6O2S/c1-7(2)12(4,6-13)15-9(19)5-21-11-17-16-8(3)10(20)18(11)14/h7H,5,14H2,1-4H3,(H,15,19)/t12-/m0/s1. The van der Waals surface area contributed by atoms with Crippen LogP contribution in [-0.2, 0) is 4.79 Å². The second-order valence-electron chi connectivity index (χ2n) is 5.05. The molecule has 0 saturated heterocycles. The molecule has 0 aromatic carbocycles. The Bertz CT molecular complexity index is 636. The summed E-state index contributed by atoms with van der Waals surface area (Å²) in [6.07, 6.45) is 0. The summed E-state index contributed by atoms with van der Waals surface area (Å²) in [7, 11) is 0. The number of rotatable bonds is 5. The molecule has 0 spiro atoms. The minimum atomic E-state index is -0.945. The van der Waals surface area contributed by atoms with Crippen molar-refractivity contribution in [3.05, 3.63) is 16.0 Å². The summed E-state index contributed by atoms with van der Waals surface area (Å²) in [6, 6.07) is 2.09. The van der Waals surface area contributed by atoms with E-state index in [0.29, 0.717) is 0 Å². The molecule has 9 heteroatoms. The second-order valence-corrected chi connectivity index (χ2v) is 5.99. The average molecular weight is 310 g/mol. The monoisotopic (exact) mass is 310 g/mol. The van der Waals surface area contributed by atoms with Crippen molar-refractivity contribution in [1.82, 2.24) is 20.2 Å². The van der Waals surface area contributed by atoms with Crippen LogP contribution in [0.25, 0.3) is 0 Å². The fourth-order valence-electron chi connectivity index (χ4n) is 1.33. The van der Waals surface area contributed by atoms with E-state index in [9.17, 15) is 9.59 Å². The molecule has 1 heterocycles. The number of nitrogen functional groups attached to an aromatic ring is 1. The third-order valence-corrected chi connectivity index (χ3v) is 4.08. The second kappa shape index (κ2) is 6.58. The van der Waals surface area contributed by atoms with Crippen molar-refractivity contribution in [2.75, 3.05) is 11.6 Å². The lowest BCUT2D eigenvalue weighted by atomic mass is 9.90. The SMILES string of the molecule is Cc1nnc(SCC(=O)N[C@@](C)(C#N)C(C)C)n(N)c1=O. The van der Waals surface area contributed by atoms with Gasteiger partial charge in [0.05, 0.1) is 11.8 Å². The fraction of sp³-hybridized carbons (Fsp3) is 0.583. The quantitative estimate of drug-likeness (QED) is 0.570. The van der Waals surface area contributed by atoms with E-state index in [-0.39, 0.29) is 28.4 Å². The van der Waals surface area contributed by atoms with Gasteiger partial charge in [-0.05, 0) is 19.8 Å². The summed E-state index contributed by atoms with van der Waals surface area (Å²) in [4.78, 5) is 23.5. The first-order valence-electron chi connectivity index (χ1n) is 6.27. The molecule has 0 unspecified atom stereocenters. The van der Waals surface area contributed by atoms with E-state index in [1.54, 1.807) is 6.92 Å². The van der Waals surface area contributed by atoms with Gasteiger partial charge in [-0.2, -0.15) is 9.94 Å². The van der Waals surface area contributed by atoms with Crippen molar-refractivity contribution in [2.24, 2.45) is 5.92 Å². The van der Waals surface area contributed by atoms with Gasteiger partial charge in [-0.15, -0.1) is 10.2 Å². The van der Waals surface area contributed by atoms with Crippen LogP contribution in [0, 0.1) is 24.2 Å². The molecular formula is C12H18N6O2S. The van der Waals surface area contributed by atoms with Crippen LogP contribution in [0.2, 0.25) is 0 Å². The van der Waals surface area contributed by atoms with E-state index in [2.05, 4.69) is 21.6 Å². The number of carbonyl (C=O) groups excluding carboxylic acids is 1. The molecule has 1 rings (SSSR count). The fourth-order valence-corrected chi connectivity index (χ4v) is 1.98. The highest BCUT2D eigenvalue weighted by Crippen LogP contribution is 2.16. The minimum absolute atomic E-state index is 0.0155. The van der Waals surface area contributed by atoms with Crippen molar-refractivity contribution in [3.63, 3.8) is 0 Å². The normalized spacial score (nSPS) is 13.5. The van der Waals surface area contributed by atoms with Crippen molar-refractivity contribution >= 4 is 17.7 Å². The van der Waals surface area contributed by atoms with E-state index in [1.807, 2.05) is 13.8 Å². The molecule has 1 aromatic rings. The summed E-state index contributed by atoms with van der Waals surface area (Å²) in [5.41, 5.74) is -1.22. The highest BCUT2D eigenvalue weighted by molar-refractivity contribution is 7.99. The van der Waals surface area contributed by atoms with Gasteiger partial charge >= 0.3 is 0 Å². The molecular weight excluding hydrogens is 292 g/mol. The van der Waals surface area contributed by atoms with E-state index < -0.39 is 11.1 Å². The number of thioether (sulfide) groups is 1. The number of aromatic nitrogens is 3. The van der Waals surface area contributed by atoms with Crippen LogP contribution in [-0.4, -0.2) is 32.1 Å². The molecule has 1 atom stereocenters. The summed E-state index contributed by atoms with van der Waals surface area (Å²) < 4.78 is 0.853. The number of carbonyl (C=O) groups is 1. The molecule has 1 amide bonds. The van der Waals surface area contributed by atoms with Crippen molar-refractivity contribution in [1.29, 1.82) is 5.26 Å². The van der Waals surface area contributed by atoms with Crippen LogP contribution in [0.5, 0.6) is 0 Å². The lowest BCUT2D eigenvalue weighted by Gasteiger charge is -2.27. The number of hydrogen-bond donors (Lipinski definition) is 2. The zero-order valence-electron chi connectivity index (χ0n) is 12.4. The predicted octanol–water partition coefficient (Wildman–Crippen LogP) is -0.193. The Morgan fingerprint density at radius 3 is 2.71 bits per heavy atom. The van der Waals surface area contributed by atoms with Crippen LogP contribution in [0.15, 0.2) is 9.95 Å². The molecule has 0 aliphatic rings. The van der Waals surface area contributed by atoms with Gasteiger partial charge in [-0.3, -0.25) is 9.59 Å². The van der Waals surface area contributed by atoms with Crippen molar-refractivity contribution < 1.29 is 4.79 Å². The first kappa shape index (κ1) is 17.0. The third-order valence-electron chi connectivity index (χ3n) is 3.14. The number of nitriles is 1. The van der Waals surface area contributed by atoms with Gasteiger partial charge in [0, 0.05) is 0 Å². The smallest absolute Gasteiger partial charge is 0.294 e. The van der Waals surface area contributed by atoms with Gasteiger partial charge in [-0.1, -0.05) is 25.6 Å². The Hall–Kier alpha value is -2.08. The maximum absolute atomic E-state index is 11.9. The van der Waals surface area contributed by atoms with Crippen LogP contribution in [0.4, 0.5) is 0 Å². The summed E-state index contributed by atoms with van der Waals surface area (Å²) in [5, 5.41) is 19.4. The summed E-state index contributed by atoms with van der Waals surface area (Å²) >= 11 is 0.984. The number of amides is 1. The van der Waals surface area contributed by atoms with Crippen LogP contribution < -0.4 is 16.7 Å². The largest absolute Gasteiger partial charge is 0.337 e. The first-order chi connectivity index (χ1) is 9.71. The Labute approximate surface area is 126 Å². The molecule has 0 bridgehead atoms. The van der Waals surface area contributed by atoms with Gasteiger partial charge in [-0.25, -0.2) is 0 Å². The number of aryl methyl sites for hydroxylation is 1. The van der Waals surface area contributed by atoms with Crippen LogP contribution >= 0.6 is 11.8 Å². The Morgan fingerprint density at radius 1 is 1.57 bits per heavy atom. The van der Waals surface area contributed by atoms with E-state index in [4.69, 9.17) is 11.1 Å². The number of nitrogens with zero attached hydrogens (tertiary/aromatic N) is 4. The van der Waals surface area contributed by atoms with Crippen LogP contribution in [0.3, 0.4) is 0 Å². The van der Waals surface area contributed by atoms with Gasteiger partial charge in [0.1, 0.15) is 11.2 Å². The molecule has 3 N–H and O–H groups in total. The molecule has 114 valence electrons. The van der Waals surface area contributed by atoms with Gasteiger partial charge in [0.25, 0.3) is 5.56 Å². The maximum Gasteiger partial charge on any atom is 0.294 e. The predicted molar refractivity (Wildman–Crippen MR) is 78.9 cm³/mol.